The van der Waals surface area contributed by atoms with E-state index in [0.717, 1.165) is 15.8 Å². The number of aromatic nitrogens is 1. The number of nitrogens with zero attached hydrogens (tertiary/aromatic N) is 2. The van der Waals surface area contributed by atoms with E-state index in [9.17, 15) is 14.9 Å². The molecule has 0 spiro atoms. The highest BCUT2D eigenvalue weighted by molar-refractivity contribution is 8.03. The number of dihydropyridines is 1. The van der Waals surface area contributed by atoms with Gasteiger partial charge in [0.2, 0.25) is 5.91 Å². The third-order valence-corrected chi connectivity index (χ3v) is 7.91. The summed E-state index contributed by atoms with van der Waals surface area (Å²) in [5.74, 6) is -1.03. The molecule has 5 rings (SSSR count). The molecular formula is C29H23N5O2S2. The molecule has 1 aliphatic heterocycles. The Hall–Kier alpha value is -4.39. The largest absolute Gasteiger partial charge is 0.353 e. The zero-order chi connectivity index (χ0) is 26.5. The fourth-order valence-corrected chi connectivity index (χ4v) is 6.02. The van der Waals surface area contributed by atoms with Crippen molar-refractivity contribution in [2.24, 2.45) is 0 Å². The van der Waals surface area contributed by atoms with Gasteiger partial charge >= 0.3 is 0 Å². The molecule has 1 atom stereocenters. The van der Waals surface area contributed by atoms with E-state index in [1.807, 2.05) is 91.9 Å². The molecule has 0 saturated heterocycles. The van der Waals surface area contributed by atoms with E-state index < -0.39 is 5.92 Å². The van der Waals surface area contributed by atoms with E-state index in [-0.39, 0.29) is 17.6 Å². The predicted octanol–water partition coefficient (Wildman–Crippen LogP) is 6.00. The molecule has 3 N–H and O–H groups in total. The van der Waals surface area contributed by atoms with E-state index in [2.05, 4.69) is 27.0 Å². The number of amides is 2. The van der Waals surface area contributed by atoms with Crippen molar-refractivity contribution >= 4 is 55.9 Å². The molecule has 9 heteroatoms. The topological polar surface area (TPSA) is 107 Å². The second-order valence-electron chi connectivity index (χ2n) is 8.51. The first-order valence-electron chi connectivity index (χ1n) is 11.8. The van der Waals surface area contributed by atoms with Crippen molar-refractivity contribution in [2.75, 3.05) is 16.4 Å². The van der Waals surface area contributed by atoms with Crippen LogP contribution >= 0.6 is 23.1 Å². The van der Waals surface area contributed by atoms with Crippen LogP contribution in [0.2, 0.25) is 0 Å². The summed E-state index contributed by atoms with van der Waals surface area (Å²) in [4.78, 5) is 30.7. The molecule has 0 radical (unpaired) electrons. The number of thiazole rings is 1. The molecule has 3 aromatic carbocycles. The van der Waals surface area contributed by atoms with Crippen molar-refractivity contribution in [3.63, 3.8) is 0 Å². The van der Waals surface area contributed by atoms with Gasteiger partial charge < -0.3 is 16.0 Å². The van der Waals surface area contributed by atoms with Gasteiger partial charge in [0.25, 0.3) is 5.91 Å². The van der Waals surface area contributed by atoms with Gasteiger partial charge in [0.15, 0.2) is 5.13 Å². The number of anilines is 2. The number of benzene rings is 3. The number of nitriles is 1. The number of para-hydroxylation sites is 2. The van der Waals surface area contributed by atoms with Gasteiger partial charge in [-0.3, -0.25) is 9.59 Å². The monoisotopic (exact) mass is 537 g/mol. The van der Waals surface area contributed by atoms with Gasteiger partial charge in [0.05, 0.1) is 38.6 Å². The third kappa shape index (κ3) is 5.47. The van der Waals surface area contributed by atoms with Crippen LogP contribution in [-0.4, -0.2) is 22.6 Å². The highest BCUT2D eigenvalue weighted by Crippen LogP contribution is 2.41. The lowest BCUT2D eigenvalue weighted by Gasteiger charge is -2.29. The summed E-state index contributed by atoms with van der Waals surface area (Å²) in [6.45, 7) is 1.81. The smallest absolute Gasteiger partial charge is 0.254 e. The highest BCUT2D eigenvalue weighted by atomic mass is 32.2. The average molecular weight is 538 g/mol. The van der Waals surface area contributed by atoms with E-state index in [4.69, 9.17) is 0 Å². The Morgan fingerprint density at radius 2 is 1.68 bits per heavy atom. The SMILES string of the molecule is CC1=C(C(=O)Nc2ccccc2)[C@@H](c2ccccc2)C(C#N)=C(SCC(=O)Nc2nc3ccccc3s2)N1. The number of allylic oxidation sites excluding steroid dienone is 2. The fourth-order valence-electron chi connectivity index (χ4n) is 4.24. The minimum atomic E-state index is -0.582. The van der Waals surface area contributed by atoms with Crippen molar-refractivity contribution in [2.45, 2.75) is 12.8 Å². The lowest BCUT2D eigenvalue weighted by atomic mass is 9.82. The Morgan fingerprint density at radius 1 is 1.00 bits per heavy atom. The maximum absolute atomic E-state index is 13.5. The molecule has 2 heterocycles. The van der Waals surface area contributed by atoms with Crippen molar-refractivity contribution in [3.05, 3.63) is 112 Å². The van der Waals surface area contributed by atoms with Gasteiger partial charge in [-0.05, 0) is 36.8 Å². The summed E-state index contributed by atoms with van der Waals surface area (Å²) in [6, 6.07) is 28.6. The minimum absolute atomic E-state index is 0.0732. The summed E-state index contributed by atoms with van der Waals surface area (Å²) >= 11 is 2.64. The predicted molar refractivity (Wildman–Crippen MR) is 153 cm³/mol. The number of rotatable bonds is 7. The van der Waals surface area contributed by atoms with Crippen LogP contribution in [0.15, 0.2) is 107 Å². The van der Waals surface area contributed by atoms with Crippen molar-refractivity contribution in [1.29, 1.82) is 5.26 Å². The summed E-state index contributed by atoms with van der Waals surface area (Å²) < 4.78 is 0.992. The molecular weight excluding hydrogens is 514 g/mol. The molecule has 4 aromatic rings. The molecule has 7 nitrogen and oxygen atoms in total. The number of carbonyl (C=O) groups excluding carboxylic acids is 2. The maximum atomic E-state index is 13.5. The molecule has 0 fully saturated rings. The third-order valence-electron chi connectivity index (χ3n) is 5.94. The van der Waals surface area contributed by atoms with Crippen LogP contribution in [0.25, 0.3) is 10.2 Å². The summed E-state index contributed by atoms with van der Waals surface area (Å²) in [5.41, 5.74) is 3.79. The molecule has 1 aliphatic rings. The molecule has 0 aliphatic carbocycles. The lowest BCUT2D eigenvalue weighted by molar-refractivity contribution is -0.114. The molecule has 0 unspecified atom stereocenters. The van der Waals surface area contributed by atoms with Crippen LogP contribution in [-0.2, 0) is 9.59 Å². The average Bonchev–Trinajstić information content (AvgIpc) is 3.34. The molecule has 2 amide bonds. The van der Waals surface area contributed by atoms with Gasteiger partial charge in [0, 0.05) is 17.0 Å². The number of carbonyl (C=O) groups is 2. The van der Waals surface area contributed by atoms with Crippen LogP contribution < -0.4 is 16.0 Å². The van der Waals surface area contributed by atoms with Crippen LogP contribution in [0.3, 0.4) is 0 Å². The van der Waals surface area contributed by atoms with E-state index >= 15 is 0 Å². The Kier molecular flexibility index (Phi) is 7.54. The Labute approximate surface area is 228 Å². The van der Waals surface area contributed by atoms with Crippen molar-refractivity contribution < 1.29 is 9.59 Å². The minimum Gasteiger partial charge on any atom is -0.353 e. The first-order valence-corrected chi connectivity index (χ1v) is 13.7. The second kappa shape index (κ2) is 11.3. The van der Waals surface area contributed by atoms with Gasteiger partial charge in [-0.2, -0.15) is 5.26 Å². The first-order chi connectivity index (χ1) is 18.5. The number of hydrogen-bond donors (Lipinski definition) is 3. The molecule has 1 aromatic heterocycles. The Balaban J connectivity index is 1.39. The van der Waals surface area contributed by atoms with Gasteiger partial charge in [-0.25, -0.2) is 4.98 Å². The van der Waals surface area contributed by atoms with Gasteiger partial charge in [-0.1, -0.05) is 83.8 Å². The Morgan fingerprint density at radius 3 is 2.39 bits per heavy atom. The van der Waals surface area contributed by atoms with Crippen molar-refractivity contribution in [1.82, 2.24) is 10.3 Å². The Bertz CT molecular complexity index is 1570. The standard InChI is InChI=1S/C29H23N5O2S2/c1-18-25(27(36)32-20-12-6-3-7-13-20)26(19-10-4-2-5-11-19)21(16-30)28(31-18)37-17-24(35)34-29-33-22-14-8-9-15-23(22)38-29/h2-15,26,31H,17H2,1H3,(H,32,36)(H,33,34,35)/t26-/m0/s1. The lowest BCUT2D eigenvalue weighted by Crippen LogP contribution is -2.31. The van der Waals surface area contributed by atoms with Crippen LogP contribution in [0.5, 0.6) is 0 Å². The van der Waals surface area contributed by atoms with E-state index in [1.165, 1.54) is 23.1 Å². The summed E-state index contributed by atoms with van der Waals surface area (Å²) in [6.07, 6.45) is 0. The zero-order valence-electron chi connectivity index (χ0n) is 20.4. The van der Waals surface area contributed by atoms with Crippen molar-refractivity contribution in [3.8, 4) is 6.07 Å². The van der Waals surface area contributed by atoms with Crippen LogP contribution in [0.4, 0.5) is 10.8 Å². The molecule has 0 saturated carbocycles. The molecule has 188 valence electrons. The quantitative estimate of drug-likeness (QED) is 0.267. The summed E-state index contributed by atoms with van der Waals surface area (Å²) in [5, 5.41) is 20.3. The van der Waals surface area contributed by atoms with Crippen LogP contribution in [0, 0.1) is 11.3 Å². The second-order valence-corrected chi connectivity index (χ2v) is 10.5. The highest BCUT2D eigenvalue weighted by Gasteiger charge is 2.34. The molecule has 38 heavy (non-hydrogen) atoms. The number of nitrogens with one attached hydrogen (secondary N) is 3. The first kappa shape index (κ1) is 25.3. The maximum Gasteiger partial charge on any atom is 0.254 e. The van der Waals surface area contributed by atoms with Gasteiger partial charge in [-0.15, -0.1) is 0 Å². The number of fused-ring (bicyclic) bond motifs is 1. The summed E-state index contributed by atoms with van der Waals surface area (Å²) in [7, 11) is 0. The van der Waals surface area contributed by atoms with E-state index in [0.29, 0.717) is 32.7 Å². The van der Waals surface area contributed by atoms with Gasteiger partial charge in [0.1, 0.15) is 0 Å². The zero-order valence-corrected chi connectivity index (χ0v) is 22.0. The fraction of sp³-hybridized carbons (Fsp3) is 0.103. The van der Waals surface area contributed by atoms with E-state index in [1.54, 1.807) is 0 Å². The number of hydrogen-bond acceptors (Lipinski definition) is 7. The number of thioether (sulfide) groups is 1. The van der Waals surface area contributed by atoms with Crippen LogP contribution in [0.1, 0.15) is 18.4 Å². The molecule has 0 bridgehead atoms. The normalized spacial score (nSPS) is 15.1.